The number of rotatable bonds is 50. The third-order valence-electron chi connectivity index (χ3n) is 12.0. The molecule has 0 aromatic rings. The van der Waals surface area contributed by atoms with E-state index in [1.165, 1.54) is 109 Å². The Hall–Kier alpha value is -3.75. The topological polar surface area (TPSA) is 108 Å². The van der Waals surface area contributed by atoms with Crippen molar-refractivity contribution in [3.8, 4) is 0 Å². The summed E-state index contributed by atoms with van der Waals surface area (Å²) in [6.07, 6.45) is 69.2. The van der Waals surface area contributed by atoms with Gasteiger partial charge in [-0.15, -0.1) is 0 Å². The van der Waals surface area contributed by atoms with Gasteiger partial charge in [0.1, 0.15) is 13.2 Å². The Bertz CT molecular complexity index is 1350. The van der Waals surface area contributed by atoms with Crippen LogP contribution in [0.15, 0.2) is 97.2 Å². The molecule has 0 radical (unpaired) electrons. The molecule has 0 fully saturated rings. The van der Waals surface area contributed by atoms with Crippen molar-refractivity contribution >= 4 is 17.9 Å². The van der Waals surface area contributed by atoms with Crippen LogP contribution < -0.4 is 0 Å². The molecule has 1 unspecified atom stereocenters. The van der Waals surface area contributed by atoms with Crippen molar-refractivity contribution in [1.29, 1.82) is 0 Å². The fraction of sp³-hybridized carbons (Fsp3) is 0.689. The Kier molecular flexibility index (Phi) is 52.2. The molecule has 0 bridgehead atoms. The van der Waals surface area contributed by atoms with Gasteiger partial charge in [0.05, 0.1) is 6.10 Å². The van der Waals surface area contributed by atoms with Crippen LogP contribution in [0.2, 0.25) is 0 Å². The number of hydrogen-bond acceptors (Lipinski definition) is 8. The van der Waals surface area contributed by atoms with Gasteiger partial charge in [0.25, 0.3) is 0 Å². The van der Waals surface area contributed by atoms with Crippen LogP contribution in [0.3, 0.4) is 0 Å². The number of carbonyl (C=O) groups is 3. The second kappa shape index (κ2) is 55.2. The summed E-state index contributed by atoms with van der Waals surface area (Å²) in [5, 5.41) is 8.93. The summed E-state index contributed by atoms with van der Waals surface area (Å²) in [5.74, 6) is -1.28. The van der Waals surface area contributed by atoms with Gasteiger partial charge in [-0.2, -0.15) is 0 Å². The largest absolute Gasteiger partial charge is 0.462 e. The van der Waals surface area contributed by atoms with E-state index in [4.69, 9.17) is 19.5 Å². The Morgan fingerprint density at radius 3 is 1.16 bits per heavy atom. The Labute approximate surface area is 423 Å². The Morgan fingerprint density at radius 1 is 0.377 bits per heavy atom. The number of hydrogen-bond donors (Lipinski definition) is 1. The minimum atomic E-state index is -0.897. The van der Waals surface area contributed by atoms with E-state index in [1.807, 2.05) is 42.5 Å². The van der Waals surface area contributed by atoms with E-state index in [2.05, 4.69) is 56.0 Å². The van der Waals surface area contributed by atoms with Crippen LogP contribution in [-0.2, 0) is 33.5 Å². The van der Waals surface area contributed by atoms with Gasteiger partial charge in [-0.3, -0.25) is 14.8 Å². The Balaban J connectivity index is 4.66. The first kappa shape index (κ1) is 65.2. The van der Waals surface area contributed by atoms with Gasteiger partial charge in [0, 0.05) is 18.9 Å². The van der Waals surface area contributed by atoms with Gasteiger partial charge in [-0.25, -0.2) is 9.68 Å². The zero-order valence-electron chi connectivity index (χ0n) is 44.4. The molecule has 0 saturated heterocycles. The number of ether oxygens (including phenoxy) is 3. The van der Waals surface area contributed by atoms with Gasteiger partial charge in [0.2, 0.25) is 0 Å². The molecule has 0 aliphatic heterocycles. The van der Waals surface area contributed by atoms with Gasteiger partial charge in [0.15, 0.2) is 6.10 Å². The third kappa shape index (κ3) is 51.9. The average Bonchev–Trinajstić information content (AvgIpc) is 3.35. The van der Waals surface area contributed by atoms with Crippen LogP contribution in [0.4, 0.5) is 0 Å². The molecule has 0 saturated carbocycles. The van der Waals surface area contributed by atoms with Crippen LogP contribution in [0.5, 0.6) is 0 Å². The maximum Gasteiger partial charge on any atom is 0.331 e. The number of allylic oxidation sites excluding steroid dienone is 15. The summed E-state index contributed by atoms with van der Waals surface area (Å²) in [7, 11) is 0. The summed E-state index contributed by atoms with van der Waals surface area (Å²) in [5.41, 5.74) is 0. The second-order valence-corrected chi connectivity index (χ2v) is 18.6. The standard InChI is InChI=1S/C61H102O8/c1-4-7-9-11-13-15-17-19-22-27-31-35-39-43-47-52-59(62)66-55-58(56-67-60(63)53-48-44-40-36-32-28-23-20-18-16-14-12-10-8-5-2)68-61(64)54-49-45-41-37-33-29-25-21-24-26-30-34-38-42-46-51-57(69-65)50-6-3/h19-26,29-30,33,37,41,45,49,54,57-58,65H,4-18,27-28,31-32,34-36,38-40,42-44,46-48,50-53,55-56H2,1-3H3/b22-19-,23-20-,24-21?,29-25?,30-26?,37-33?,45-41?,54-49?. The highest BCUT2D eigenvalue weighted by atomic mass is 17.1. The highest BCUT2D eigenvalue weighted by Crippen LogP contribution is 2.14. The molecule has 0 aliphatic carbocycles. The van der Waals surface area contributed by atoms with Gasteiger partial charge < -0.3 is 14.2 Å². The molecular formula is C61H102O8. The lowest BCUT2D eigenvalue weighted by atomic mass is 10.1. The molecule has 1 N–H and O–H groups in total. The van der Waals surface area contributed by atoms with E-state index in [0.717, 1.165) is 109 Å². The predicted molar refractivity (Wildman–Crippen MR) is 291 cm³/mol. The molecule has 8 heteroatoms. The molecule has 0 amide bonds. The summed E-state index contributed by atoms with van der Waals surface area (Å²) in [6.45, 7) is 6.27. The van der Waals surface area contributed by atoms with Gasteiger partial charge in [-0.05, 0) is 89.9 Å². The smallest absolute Gasteiger partial charge is 0.331 e. The van der Waals surface area contributed by atoms with Crippen LogP contribution in [0, 0.1) is 0 Å². The van der Waals surface area contributed by atoms with E-state index in [-0.39, 0.29) is 31.3 Å². The van der Waals surface area contributed by atoms with E-state index in [0.29, 0.717) is 12.8 Å². The van der Waals surface area contributed by atoms with E-state index >= 15 is 0 Å². The van der Waals surface area contributed by atoms with Crippen LogP contribution >= 0.6 is 0 Å². The fourth-order valence-electron chi connectivity index (χ4n) is 7.72. The molecule has 0 spiro atoms. The zero-order chi connectivity index (χ0) is 50.2. The highest BCUT2D eigenvalue weighted by molar-refractivity contribution is 5.82. The lowest BCUT2D eigenvalue weighted by Gasteiger charge is -2.17. The molecular weight excluding hydrogens is 861 g/mol. The normalized spacial score (nSPS) is 12.9. The summed E-state index contributed by atoms with van der Waals surface area (Å²) < 4.78 is 16.6. The van der Waals surface area contributed by atoms with E-state index in [1.54, 1.807) is 18.2 Å². The fourth-order valence-corrected chi connectivity index (χ4v) is 7.72. The summed E-state index contributed by atoms with van der Waals surface area (Å²) >= 11 is 0. The van der Waals surface area contributed by atoms with Crippen molar-refractivity contribution in [1.82, 2.24) is 0 Å². The lowest BCUT2D eigenvalue weighted by Crippen LogP contribution is -2.30. The van der Waals surface area contributed by atoms with Crippen LogP contribution in [0.1, 0.15) is 245 Å². The minimum Gasteiger partial charge on any atom is -0.462 e. The monoisotopic (exact) mass is 963 g/mol. The first-order valence-corrected chi connectivity index (χ1v) is 28.1. The van der Waals surface area contributed by atoms with Crippen LogP contribution in [-0.4, -0.2) is 48.6 Å². The number of carbonyl (C=O) groups excluding carboxylic acids is 3. The molecule has 0 heterocycles. The number of unbranched alkanes of at least 4 members (excludes halogenated alkanes) is 25. The third-order valence-corrected chi connectivity index (χ3v) is 12.0. The first-order valence-electron chi connectivity index (χ1n) is 28.1. The molecule has 0 rings (SSSR count). The molecule has 394 valence electrons. The molecule has 0 aromatic carbocycles. The first-order chi connectivity index (χ1) is 34.0. The average molecular weight is 963 g/mol. The predicted octanol–water partition coefficient (Wildman–Crippen LogP) is 18.0. The summed E-state index contributed by atoms with van der Waals surface area (Å²) in [6, 6.07) is 0. The quantitative estimate of drug-likeness (QED) is 0.00939. The second-order valence-electron chi connectivity index (χ2n) is 18.6. The molecule has 69 heavy (non-hydrogen) atoms. The number of esters is 3. The van der Waals surface area contributed by atoms with Crippen LogP contribution in [0.25, 0.3) is 0 Å². The van der Waals surface area contributed by atoms with Crippen molar-refractivity contribution in [3.63, 3.8) is 0 Å². The van der Waals surface area contributed by atoms with E-state index < -0.39 is 12.1 Å². The SMILES string of the molecule is CCCCCCCC/C=C\CCCCCCCC(=O)OCC(COC(=O)CCCCCCC/C=C\CCCCCCCC)OC(=O)C=CC=CC=CC=CC=CC=CCCCCCC(CCC)OO. The van der Waals surface area contributed by atoms with Gasteiger partial charge >= 0.3 is 17.9 Å². The molecule has 1 atom stereocenters. The summed E-state index contributed by atoms with van der Waals surface area (Å²) in [4.78, 5) is 42.5. The van der Waals surface area contributed by atoms with Crippen molar-refractivity contribution in [2.75, 3.05) is 13.2 Å². The molecule has 0 aliphatic rings. The maximum atomic E-state index is 12.7. The Morgan fingerprint density at radius 2 is 0.739 bits per heavy atom. The van der Waals surface area contributed by atoms with Crippen molar-refractivity contribution in [2.45, 2.75) is 258 Å². The van der Waals surface area contributed by atoms with Crippen molar-refractivity contribution in [2.24, 2.45) is 0 Å². The zero-order valence-corrected chi connectivity index (χ0v) is 44.4. The van der Waals surface area contributed by atoms with Crippen molar-refractivity contribution < 1.29 is 38.7 Å². The van der Waals surface area contributed by atoms with Gasteiger partial charge in [-0.1, -0.05) is 234 Å². The molecule has 0 aromatic heterocycles. The highest BCUT2D eigenvalue weighted by Gasteiger charge is 2.18. The lowest BCUT2D eigenvalue weighted by molar-refractivity contribution is -0.281. The minimum absolute atomic E-state index is 0.0337. The van der Waals surface area contributed by atoms with E-state index in [9.17, 15) is 14.4 Å². The maximum absolute atomic E-state index is 12.7. The van der Waals surface area contributed by atoms with Crippen molar-refractivity contribution in [3.05, 3.63) is 97.2 Å². The molecule has 8 nitrogen and oxygen atoms in total.